The van der Waals surface area contributed by atoms with Gasteiger partial charge in [0.15, 0.2) is 0 Å². The average molecular weight is 383 g/mol. The second kappa shape index (κ2) is 12.2. The molecule has 1 aliphatic rings. The van der Waals surface area contributed by atoms with Gasteiger partial charge in [-0.15, -0.1) is 12.4 Å². The zero-order valence-corrected chi connectivity index (χ0v) is 17.1. The first-order valence-electron chi connectivity index (χ1n) is 9.67. The zero-order valence-electron chi connectivity index (χ0n) is 16.2. The number of nitrogens with two attached hydrogens (primary N) is 1. The summed E-state index contributed by atoms with van der Waals surface area (Å²) in [6.45, 7) is 10.4. The van der Waals surface area contributed by atoms with Crippen molar-refractivity contribution in [1.82, 2.24) is 10.2 Å². The fourth-order valence-corrected chi connectivity index (χ4v) is 3.30. The van der Waals surface area contributed by atoms with Crippen LogP contribution in [0.5, 0.6) is 0 Å². The number of hydrogen-bond acceptors (Lipinski definition) is 4. The van der Waals surface area contributed by atoms with Crippen molar-refractivity contribution in [3.05, 3.63) is 29.8 Å². The summed E-state index contributed by atoms with van der Waals surface area (Å²) in [4.78, 5) is 16.7. The Labute approximate surface area is 164 Å². The maximum atomic E-state index is 11.7. The SMILES string of the molecule is CCCC(N)C(=O)NCCCCN1CCN(c2cccc(C)c2)CC1.Cl. The average Bonchev–Trinajstić information content (AvgIpc) is 2.62. The highest BCUT2D eigenvalue weighted by Gasteiger charge is 2.17. The molecule has 0 aromatic heterocycles. The van der Waals surface area contributed by atoms with E-state index >= 15 is 0 Å². The van der Waals surface area contributed by atoms with Crippen LogP contribution < -0.4 is 16.0 Å². The van der Waals surface area contributed by atoms with Crippen molar-refractivity contribution < 1.29 is 4.79 Å². The fourth-order valence-electron chi connectivity index (χ4n) is 3.30. The first-order valence-corrected chi connectivity index (χ1v) is 9.67. The van der Waals surface area contributed by atoms with E-state index in [0.717, 1.165) is 65.0 Å². The third kappa shape index (κ3) is 7.52. The van der Waals surface area contributed by atoms with E-state index in [-0.39, 0.29) is 24.4 Å². The standard InChI is InChI=1S/C20H34N4O.ClH/c1-3-7-19(21)20(25)22-10-4-5-11-23-12-14-24(15-13-23)18-9-6-8-17(2)16-18;/h6,8-9,16,19H,3-5,7,10-15,21H2,1-2H3,(H,22,25);1H. The maximum absolute atomic E-state index is 11.7. The van der Waals surface area contributed by atoms with Crippen molar-refractivity contribution in [2.75, 3.05) is 44.2 Å². The fraction of sp³-hybridized carbons (Fsp3) is 0.650. The summed E-state index contributed by atoms with van der Waals surface area (Å²) < 4.78 is 0. The highest BCUT2D eigenvalue weighted by molar-refractivity contribution is 5.85. The first-order chi connectivity index (χ1) is 12.1. The minimum Gasteiger partial charge on any atom is -0.369 e. The van der Waals surface area contributed by atoms with Gasteiger partial charge in [-0.25, -0.2) is 0 Å². The van der Waals surface area contributed by atoms with Crippen LogP contribution in [0.15, 0.2) is 24.3 Å². The van der Waals surface area contributed by atoms with Gasteiger partial charge in [0.1, 0.15) is 0 Å². The van der Waals surface area contributed by atoms with Gasteiger partial charge in [0.2, 0.25) is 5.91 Å². The number of amides is 1. The zero-order chi connectivity index (χ0) is 18.1. The van der Waals surface area contributed by atoms with E-state index < -0.39 is 0 Å². The van der Waals surface area contributed by atoms with Gasteiger partial charge in [-0.1, -0.05) is 25.5 Å². The molecule has 0 spiro atoms. The van der Waals surface area contributed by atoms with Crippen LogP contribution in [0.4, 0.5) is 5.69 Å². The molecule has 2 rings (SSSR count). The summed E-state index contributed by atoms with van der Waals surface area (Å²) in [7, 11) is 0. The lowest BCUT2D eigenvalue weighted by Gasteiger charge is -2.36. The smallest absolute Gasteiger partial charge is 0.236 e. The highest BCUT2D eigenvalue weighted by Crippen LogP contribution is 2.17. The first kappa shape index (κ1) is 22.7. The molecule has 6 heteroatoms. The van der Waals surface area contributed by atoms with Crippen LogP contribution in [0, 0.1) is 6.92 Å². The normalized spacial score (nSPS) is 16.0. The summed E-state index contributed by atoms with van der Waals surface area (Å²) in [5.74, 6) is -0.00591. The number of benzene rings is 1. The van der Waals surface area contributed by atoms with Crippen LogP contribution >= 0.6 is 12.4 Å². The molecule has 0 bridgehead atoms. The Morgan fingerprint density at radius 2 is 1.96 bits per heavy atom. The number of unbranched alkanes of at least 4 members (excludes halogenated alkanes) is 1. The van der Waals surface area contributed by atoms with Crippen molar-refractivity contribution in [1.29, 1.82) is 0 Å². The number of carbonyl (C=O) groups is 1. The molecule has 0 radical (unpaired) electrons. The molecule has 1 unspecified atom stereocenters. The van der Waals surface area contributed by atoms with Crippen molar-refractivity contribution in [2.24, 2.45) is 5.73 Å². The number of nitrogens with one attached hydrogen (secondary N) is 1. The van der Waals surface area contributed by atoms with Crippen molar-refractivity contribution in [3.63, 3.8) is 0 Å². The lowest BCUT2D eigenvalue weighted by atomic mass is 10.1. The molecule has 1 atom stereocenters. The van der Waals surface area contributed by atoms with E-state index in [0.29, 0.717) is 0 Å². The molecular weight excluding hydrogens is 348 g/mol. The number of rotatable bonds is 9. The number of aryl methyl sites for hydroxylation is 1. The van der Waals surface area contributed by atoms with E-state index in [1.807, 2.05) is 6.92 Å². The van der Waals surface area contributed by atoms with Gasteiger partial charge >= 0.3 is 0 Å². The van der Waals surface area contributed by atoms with Gasteiger partial charge in [0.05, 0.1) is 6.04 Å². The summed E-state index contributed by atoms with van der Waals surface area (Å²) in [5, 5.41) is 2.95. The lowest BCUT2D eigenvalue weighted by molar-refractivity contribution is -0.122. The van der Waals surface area contributed by atoms with E-state index in [1.54, 1.807) is 0 Å². The van der Waals surface area contributed by atoms with Crippen molar-refractivity contribution in [3.8, 4) is 0 Å². The summed E-state index contributed by atoms with van der Waals surface area (Å²) in [6, 6.07) is 8.40. The molecule has 26 heavy (non-hydrogen) atoms. The van der Waals surface area contributed by atoms with E-state index in [1.165, 1.54) is 11.3 Å². The van der Waals surface area contributed by atoms with Crippen LogP contribution in [0.2, 0.25) is 0 Å². The van der Waals surface area contributed by atoms with Crippen molar-refractivity contribution >= 4 is 24.0 Å². The molecular formula is C20H35ClN4O. The number of halogens is 1. The summed E-state index contributed by atoms with van der Waals surface area (Å²) in [5.41, 5.74) is 8.46. The topological polar surface area (TPSA) is 61.6 Å². The van der Waals surface area contributed by atoms with E-state index in [4.69, 9.17) is 5.73 Å². The van der Waals surface area contributed by atoms with Gasteiger partial charge in [0.25, 0.3) is 0 Å². The predicted octanol–water partition coefficient (Wildman–Crippen LogP) is 2.56. The van der Waals surface area contributed by atoms with Crippen LogP contribution in [0.1, 0.15) is 38.2 Å². The minimum absolute atomic E-state index is 0. The monoisotopic (exact) mass is 382 g/mol. The number of piperazine rings is 1. The maximum Gasteiger partial charge on any atom is 0.236 e. The Kier molecular flexibility index (Phi) is 10.6. The summed E-state index contributed by atoms with van der Waals surface area (Å²) >= 11 is 0. The molecule has 1 aliphatic heterocycles. The Hall–Kier alpha value is -1.30. The Morgan fingerprint density at radius 1 is 1.23 bits per heavy atom. The molecule has 1 heterocycles. The molecule has 1 aromatic rings. The Morgan fingerprint density at radius 3 is 2.62 bits per heavy atom. The van der Waals surface area contributed by atoms with Gasteiger partial charge in [0, 0.05) is 38.4 Å². The molecule has 5 nitrogen and oxygen atoms in total. The van der Waals surface area contributed by atoms with E-state index in [9.17, 15) is 4.79 Å². The van der Waals surface area contributed by atoms with Gasteiger partial charge in [-0.05, 0) is 50.4 Å². The molecule has 0 aliphatic carbocycles. The second-order valence-electron chi connectivity index (χ2n) is 7.06. The van der Waals surface area contributed by atoms with Crippen LogP contribution in [-0.4, -0.2) is 56.1 Å². The number of anilines is 1. The summed E-state index contributed by atoms with van der Waals surface area (Å²) in [6.07, 6.45) is 3.84. The minimum atomic E-state index is -0.347. The van der Waals surface area contributed by atoms with Crippen LogP contribution in [-0.2, 0) is 4.79 Å². The number of carbonyl (C=O) groups excluding carboxylic acids is 1. The lowest BCUT2D eigenvalue weighted by Crippen LogP contribution is -2.46. The molecule has 3 N–H and O–H groups in total. The van der Waals surface area contributed by atoms with Crippen LogP contribution in [0.3, 0.4) is 0 Å². The molecule has 1 fully saturated rings. The predicted molar refractivity (Wildman–Crippen MR) is 112 cm³/mol. The quantitative estimate of drug-likeness (QED) is 0.644. The van der Waals surface area contributed by atoms with E-state index in [2.05, 4.69) is 46.3 Å². The molecule has 1 saturated heterocycles. The number of nitrogens with zero attached hydrogens (tertiary/aromatic N) is 2. The van der Waals surface area contributed by atoms with Gasteiger partial charge in [-0.3, -0.25) is 9.69 Å². The highest BCUT2D eigenvalue weighted by atomic mass is 35.5. The van der Waals surface area contributed by atoms with Gasteiger partial charge < -0.3 is 16.0 Å². The van der Waals surface area contributed by atoms with Crippen LogP contribution in [0.25, 0.3) is 0 Å². The second-order valence-corrected chi connectivity index (χ2v) is 7.06. The van der Waals surface area contributed by atoms with Gasteiger partial charge in [-0.2, -0.15) is 0 Å². The Balaban J connectivity index is 0.00000338. The Bertz CT molecular complexity index is 532. The molecule has 1 aromatic carbocycles. The molecule has 1 amide bonds. The number of hydrogen-bond donors (Lipinski definition) is 2. The third-order valence-corrected chi connectivity index (χ3v) is 4.88. The molecule has 148 valence electrons. The molecule has 0 saturated carbocycles. The largest absolute Gasteiger partial charge is 0.369 e. The third-order valence-electron chi connectivity index (χ3n) is 4.88. The van der Waals surface area contributed by atoms with Crippen molar-refractivity contribution in [2.45, 2.75) is 45.6 Å².